The van der Waals surface area contributed by atoms with E-state index < -0.39 is 47.6 Å². The van der Waals surface area contributed by atoms with Crippen molar-refractivity contribution in [3.8, 4) is 0 Å². The van der Waals surface area contributed by atoms with Crippen molar-refractivity contribution in [1.82, 2.24) is 10.7 Å². The standard InChI is InChI=1S/C25H21F5N4O3/c26-19-6-16(7-20(27)10-19)22(11-23(35)36)15-3-1-2-14(4-15)12-32-24(37)17-5-18(25(28,29)30)9-21(8-17)33-13-34-31/h1-10,13,22H,11-12,31H2,(H,32,37)(H,33,34)(H,35,36). The Kier molecular flexibility index (Phi) is 8.56. The van der Waals surface area contributed by atoms with Gasteiger partial charge in [0, 0.05) is 24.1 Å². The number of halogens is 5. The van der Waals surface area contributed by atoms with Gasteiger partial charge < -0.3 is 15.8 Å². The number of hydrogen-bond donors (Lipinski definition) is 4. The molecule has 0 heterocycles. The number of nitrogens with one attached hydrogen (secondary N) is 2. The summed E-state index contributed by atoms with van der Waals surface area (Å²) in [4.78, 5) is 27.8. The van der Waals surface area contributed by atoms with Crippen molar-refractivity contribution in [2.75, 3.05) is 0 Å². The second kappa shape index (κ2) is 11.6. The molecule has 0 aromatic heterocycles. The number of carbonyl (C=O) groups is 2. The molecular weight excluding hydrogens is 499 g/mol. The number of carboxylic acids is 1. The van der Waals surface area contributed by atoms with E-state index in [2.05, 4.69) is 15.7 Å². The number of aliphatic imine (C=N–C) groups is 1. The molecule has 1 unspecified atom stereocenters. The minimum absolute atomic E-state index is 0.116. The molecule has 5 N–H and O–H groups in total. The van der Waals surface area contributed by atoms with Crippen LogP contribution in [0.4, 0.5) is 27.6 Å². The van der Waals surface area contributed by atoms with Crippen LogP contribution in [0.3, 0.4) is 0 Å². The summed E-state index contributed by atoms with van der Waals surface area (Å²) >= 11 is 0. The van der Waals surface area contributed by atoms with E-state index in [0.717, 1.165) is 30.6 Å². The molecule has 0 aliphatic heterocycles. The quantitative estimate of drug-likeness (QED) is 0.108. The Morgan fingerprint density at radius 1 is 1.00 bits per heavy atom. The molecule has 1 atom stereocenters. The summed E-state index contributed by atoms with van der Waals surface area (Å²) in [6.45, 7) is -0.122. The number of nitrogens with zero attached hydrogens (tertiary/aromatic N) is 1. The van der Waals surface area contributed by atoms with E-state index in [9.17, 15) is 36.6 Å². The van der Waals surface area contributed by atoms with Crippen LogP contribution in [0.15, 0.2) is 65.7 Å². The number of carbonyl (C=O) groups excluding carboxylic acids is 1. The summed E-state index contributed by atoms with van der Waals surface area (Å²) in [5, 5.41) is 11.8. The topological polar surface area (TPSA) is 117 Å². The van der Waals surface area contributed by atoms with Gasteiger partial charge in [-0.3, -0.25) is 9.59 Å². The Hall–Kier alpha value is -4.32. The van der Waals surface area contributed by atoms with Crippen LogP contribution in [-0.4, -0.2) is 23.3 Å². The zero-order chi connectivity index (χ0) is 27.2. The third kappa shape index (κ3) is 7.58. The van der Waals surface area contributed by atoms with Crippen LogP contribution in [0.5, 0.6) is 0 Å². The van der Waals surface area contributed by atoms with Crippen molar-refractivity contribution in [2.45, 2.75) is 25.1 Å². The number of hydrogen-bond acceptors (Lipinski definition) is 4. The van der Waals surface area contributed by atoms with Crippen LogP contribution in [0, 0.1) is 11.6 Å². The fourth-order valence-electron chi connectivity index (χ4n) is 3.68. The minimum atomic E-state index is -4.72. The summed E-state index contributed by atoms with van der Waals surface area (Å²) in [6, 6.07) is 11.6. The number of amides is 1. The molecule has 3 rings (SSSR count). The maximum Gasteiger partial charge on any atom is 0.416 e. The van der Waals surface area contributed by atoms with Gasteiger partial charge in [0.05, 0.1) is 17.7 Å². The average Bonchev–Trinajstić information content (AvgIpc) is 2.83. The predicted octanol–water partition coefficient (Wildman–Crippen LogP) is 4.64. The molecule has 1 amide bonds. The maximum absolute atomic E-state index is 13.8. The monoisotopic (exact) mass is 520 g/mol. The molecule has 7 nitrogen and oxygen atoms in total. The average molecular weight is 520 g/mol. The van der Waals surface area contributed by atoms with Crippen LogP contribution in [-0.2, 0) is 17.5 Å². The molecule has 194 valence electrons. The summed E-state index contributed by atoms with van der Waals surface area (Å²) in [5.41, 5.74) is 1.55. The van der Waals surface area contributed by atoms with Gasteiger partial charge in [0.15, 0.2) is 0 Å². The Balaban J connectivity index is 1.85. The smallest absolute Gasteiger partial charge is 0.416 e. The first-order chi connectivity index (χ1) is 17.5. The van der Waals surface area contributed by atoms with E-state index in [0.29, 0.717) is 23.3 Å². The van der Waals surface area contributed by atoms with Gasteiger partial charge in [-0.1, -0.05) is 24.3 Å². The predicted molar refractivity (Wildman–Crippen MR) is 125 cm³/mol. The van der Waals surface area contributed by atoms with Gasteiger partial charge in [-0.05, 0) is 47.0 Å². The van der Waals surface area contributed by atoms with E-state index in [1.165, 1.54) is 0 Å². The molecule has 0 radical (unpaired) electrons. The first-order valence-electron chi connectivity index (χ1n) is 10.7. The first kappa shape index (κ1) is 27.3. The lowest BCUT2D eigenvalue weighted by Crippen LogP contribution is -2.23. The zero-order valence-electron chi connectivity index (χ0n) is 19.0. The highest BCUT2D eigenvalue weighted by Gasteiger charge is 2.32. The third-order valence-corrected chi connectivity index (χ3v) is 5.27. The lowest BCUT2D eigenvalue weighted by atomic mass is 9.87. The summed E-state index contributed by atoms with van der Waals surface area (Å²) < 4.78 is 67.4. The highest BCUT2D eigenvalue weighted by molar-refractivity contribution is 5.95. The zero-order valence-corrected chi connectivity index (χ0v) is 19.0. The number of aliphatic carboxylic acids is 1. The number of benzene rings is 3. The number of hydrazine groups is 1. The molecule has 3 aromatic carbocycles. The normalized spacial score (nSPS) is 12.4. The Morgan fingerprint density at radius 2 is 1.70 bits per heavy atom. The molecule has 0 spiro atoms. The van der Waals surface area contributed by atoms with Crippen LogP contribution in [0.2, 0.25) is 0 Å². The van der Waals surface area contributed by atoms with Crippen molar-refractivity contribution in [2.24, 2.45) is 10.8 Å². The number of carboxylic acid groups (broad SMARTS) is 1. The molecule has 0 bridgehead atoms. The van der Waals surface area contributed by atoms with Gasteiger partial charge in [-0.2, -0.15) is 13.2 Å². The van der Waals surface area contributed by atoms with Gasteiger partial charge in [0.2, 0.25) is 0 Å². The second-order valence-corrected chi connectivity index (χ2v) is 7.97. The Bertz CT molecular complexity index is 1310. The highest BCUT2D eigenvalue weighted by atomic mass is 19.4. The highest BCUT2D eigenvalue weighted by Crippen LogP contribution is 2.33. The van der Waals surface area contributed by atoms with E-state index in [-0.39, 0.29) is 23.4 Å². The number of alkyl halides is 3. The van der Waals surface area contributed by atoms with Crippen molar-refractivity contribution >= 4 is 23.9 Å². The molecule has 0 aliphatic rings. The SMILES string of the molecule is NNC=Nc1cc(C(=O)NCc2cccc(C(CC(=O)O)c3cc(F)cc(F)c3)c2)cc(C(F)(F)F)c1. The Morgan fingerprint density at radius 3 is 2.32 bits per heavy atom. The van der Waals surface area contributed by atoms with E-state index in [1.54, 1.807) is 24.3 Å². The fourth-order valence-corrected chi connectivity index (χ4v) is 3.68. The van der Waals surface area contributed by atoms with Gasteiger partial charge in [0.25, 0.3) is 5.91 Å². The molecule has 3 aromatic rings. The Labute approximate surface area is 207 Å². The summed E-state index contributed by atoms with van der Waals surface area (Å²) in [5.74, 6) is 0.430. The van der Waals surface area contributed by atoms with Crippen molar-refractivity contribution in [1.29, 1.82) is 0 Å². The summed E-state index contributed by atoms with van der Waals surface area (Å²) in [7, 11) is 0. The van der Waals surface area contributed by atoms with E-state index >= 15 is 0 Å². The van der Waals surface area contributed by atoms with E-state index in [1.807, 2.05) is 0 Å². The lowest BCUT2D eigenvalue weighted by molar-refractivity contribution is -0.138. The molecule has 0 saturated heterocycles. The second-order valence-electron chi connectivity index (χ2n) is 7.97. The molecule has 37 heavy (non-hydrogen) atoms. The summed E-state index contributed by atoms with van der Waals surface area (Å²) in [6.07, 6.45) is -4.22. The lowest BCUT2D eigenvalue weighted by Gasteiger charge is -2.18. The third-order valence-electron chi connectivity index (χ3n) is 5.27. The molecule has 0 fully saturated rings. The number of nitrogens with two attached hydrogens (primary N) is 1. The first-order valence-corrected chi connectivity index (χ1v) is 10.7. The van der Waals surface area contributed by atoms with Crippen LogP contribution >= 0.6 is 0 Å². The van der Waals surface area contributed by atoms with E-state index in [4.69, 9.17) is 5.84 Å². The van der Waals surface area contributed by atoms with Gasteiger partial charge in [-0.25, -0.2) is 19.6 Å². The maximum atomic E-state index is 13.8. The van der Waals surface area contributed by atoms with Gasteiger partial charge >= 0.3 is 12.1 Å². The van der Waals surface area contributed by atoms with Gasteiger partial charge in [0.1, 0.15) is 18.0 Å². The minimum Gasteiger partial charge on any atom is -0.481 e. The largest absolute Gasteiger partial charge is 0.481 e. The van der Waals surface area contributed by atoms with Crippen LogP contribution in [0.1, 0.15) is 45.0 Å². The van der Waals surface area contributed by atoms with Gasteiger partial charge in [-0.15, -0.1) is 0 Å². The molecule has 0 saturated carbocycles. The van der Waals surface area contributed by atoms with Crippen molar-refractivity contribution in [3.05, 3.63) is 100 Å². The van der Waals surface area contributed by atoms with Crippen LogP contribution in [0.25, 0.3) is 0 Å². The molecule has 0 aliphatic carbocycles. The van der Waals surface area contributed by atoms with Crippen molar-refractivity contribution in [3.63, 3.8) is 0 Å². The van der Waals surface area contributed by atoms with Crippen molar-refractivity contribution < 1.29 is 36.6 Å². The molecule has 12 heteroatoms. The fraction of sp³-hybridized carbons (Fsp3) is 0.160. The number of rotatable bonds is 9. The van der Waals surface area contributed by atoms with Crippen LogP contribution < -0.4 is 16.6 Å². The molecular formula is C25H21F5N4O3.